The molecule has 0 spiro atoms. The van der Waals surface area contributed by atoms with Crippen molar-refractivity contribution in [1.29, 1.82) is 0 Å². The smallest absolute Gasteiger partial charge is 0.307 e. The van der Waals surface area contributed by atoms with E-state index in [1.54, 1.807) is 0 Å². The second-order valence-electron chi connectivity index (χ2n) is 5.66. The van der Waals surface area contributed by atoms with E-state index < -0.39 is 0 Å². The van der Waals surface area contributed by atoms with Crippen molar-refractivity contribution >= 4 is 5.97 Å². The normalized spacial score (nSPS) is 24.8. The summed E-state index contributed by atoms with van der Waals surface area (Å²) in [5.74, 6) is 0.00755. The molecule has 2 fully saturated rings. The molecule has 3 heteroatoms. The van der Waals surface area contributed by atoms with Crippen LogP contribution in [-0.4, -0.2) is 24.7 Å². The SMILES string of the molecule is CNC1(CC(=O)OC2CCCC2)CCCCC1. The Kier molecular flexibility index (Phi) is 4.43. The van der Waals surface area contributed by atoms with Crippen LogP contribution in [0.4, 0.5) is 0 Å². The molecule has 0 bridgehead atoms. The monoisotopic (exact) mass is 239 g/mol. The zero-order chi connectivity index (χ0) is 12.1. The maximum absolute atomic E-state index is 12.0. The summed E-state index contributed by atoms with van der Waals surface area (Å²) in [5, 5.41) is 3.37. The molecule has 0 unspecified atom stereocenters. The summed E-state index contributed by atoms with van der Waals surface area (Å²) in [4.78, 5) is 12.0. The molecule has 3 nitrogen and oxygen atoms in total. The standard InChI is InChI=1S/C14H25NO2/c1-15-14(9-5-2-6-10-14)11-13(16)17-12-7-3-4-8-12/h12,15H,2-11H2,1H3. The number of ether oxygens (including phenoxy) is 1. The van der Waals surface area contributed by atoms with E-state index in [4.69, 9.17) is 4.74 Å². The molecule has 0 saturated heterocycles. The molecular weight excluding hydrogens is 214 g/mol. The zero-order valence-electron chi connectivity index (χ0n) is 11.0. The fraction of sp³-hybridized carbons (Fsp3) is 0.929. The van der Waals surface area contributed by atoms with Gasteiger partial charge in [-0.3, -0.25) is 4.79 Å². The molecule has 2 saturated carbocycles. The van der Waals surface area contributed by atoms with Crippen molar-refractivity contribution in [3.05, 3.63) is 0 Å². The quantitative estimate of drug-likeness (QED) is 0.767. The molecule has 1 N–H and O–H groups in total. The van der Waals surface area contributed by atoms with Crippen LogP contribution in [0.25, 0.3) is 0 Å². The molecule has 17 heavy (non-hydrogen) atoms. The van der Waals surface area contributed by atoms with Gasteiger partial charge in [-0.2, -0.15) is 0 Å². The molecule has 2 aliphatic rings. The van der Waals surface area contributed by atoms with Gasteiger partial charge in [-0.15, -0.1) is 0 Å². The molecule has 98 valence electrons. The molecule has 0 aromatic heterocycles. The first kappa shape index (κ1) is 12.9. The van der Waals surface area contributed by atoms with Gasteiger partial charge in [-0.1, -0.05) is 19.3 Å². The first-order valence-electron chi connectivity index (χ1n) is 7.12. The Hall–Kier alpha value is -0.570. The highest BCUT2D eigenvalue weighted by Crippen LogP contribution is 2.31. The molecule has 0 heterocycles. The van der Waals surface area contributed by atoms with Crippen LogP contribution < -0.4 is 5.32 Å². The third kappa shape index (κ3) is 3.44. The van der Waals surface area contributed by atoms with Gasteiger partial charge in [-0.25, -0.2) is 0 Å². The topological polar surface area (TPSA) is 38.3 Å². The fourth-order valence-electron chi connectivity index (χ4n) is 3.25. The summed E-state index contributed by atoms with van der Waals surface area (Å²) < 4.78 is 5.56. The molecule has 2 aliphatic carbocycles. The zero-order valence-corrected chi connectivity index (χ0v) is 11.0. The van der Waals surface area contributed by atoms with Crippen LogP contribution in [0.3, 0.4) is 0 Å². The molecule has 2 rings (SSSR count). The molecule has 0 aromatic carbocycles. The van der Waals surface area contributed by atoms with Crippen molar-refractivity contribution in [3.63, 3.8) is 0 Å². The summed E-state index contributed by atoms with van der Waals surface area (Å²) in [6, 6.07) is 0. The van der Waals surface area contributed by atoms with Gasteiger partial charge in [0.05, 0.1) is 6.42 Å². The van der Waals surface area contributed by atoms with Gasteiger partial charge < -0.3 is 10.1 Å². The van der Waals surface area contributed by atoms with Crippen molar-refractivity contribution in [1.82, 2.24) is 5.32 Å². The Labute approximate surface area is 104 Å². The van der Waals surface area contributed by atoms with E-state index in [0.717, 1.165) is 25.7 Å². The minimum absolute atomic E-state index is 0.00755. The van der Waals surface area contributed by atoms with Crippen LogP contribution >= 0.6 is 0 Å². The third-order valence-electron chi connectivity index (χ3n) is 4.42. The summed E-state index contributed by atoms with van der Waals surface area (Å²) in [5.41, 5.74) is 0.0218. The van der Waals surface area contributed by atoms with E-state index in [-0.39, 0.29) is 17.6 Å². The highest BCUT2D eigenvalue weighted by Gasteiger charge is 2.34. The van der Waals surface area contributed by atoms with Crippen LogP contribution in [0.1, 0.15) is 64.2 Å². The van der Waals surface area contributed by atoms with Gasteiger partial charge in [-0.05, 0) is 45.6 Å². The Morgan fingerprint density at radius 2 is 1.82 bits per heavy atom. The number of carbonyl (C=O) groups excluding carboxylic acids is 1. The van der Waals surface area contributed by atoms with Gasteiger partial charge in [0.25, 0.3) is 0 Å². The minimum atomic E-state index is 0.00755. The van der Waals surface area contributed by atoms with Crippen LogP contribution in [0.5, 0.6) is 0 Å². The van der Waals surface area contributed by atoms with E-state index in [1.807, 2.05) is 7.05 Å². The molecule has 0 amide bonds. The van der Waals surface area contributed by atoms with Crippen molar-refractivity contribution in [2.75, 3.05) is 7.05 Å². The predicted molar refractivity (Wildman–Crippen MR) is 67.8 cm³/mol. The lowest BCUT2D eigenvalue weighted by atomic mass is 9.79. The minimum Gasteiger partial charge on any atom is -0.462 e. The Morgan fingerprint density at radius 1 is 1.18 bits per heavy atom. The van der Waals surface area contributed by atoms with E-state index in [9.17, 15) is 4.79 Å². The highest BCUT2D eigenvalue weighted by atomic mass is 16.5. The first-order valence-corrected chi connectivity index (χ1v) is 7.12. The Morgan fingerprint density at radius 3 is 2.41 bits per heavy atom. The van der Waals surface area contributed by atoms with Crippen molar-refractivity contribution in [2.24, 2.45) is 0 Å². The number of carbonyl (C=O) groups is 1. The average molecular weight is 239 g/mol. The number of nitrogens with one attached hydrogen (secondary N) is 1. The molecule has 0 aromatic rings. The molecule has 0 atom stereocenters. The number of esters is 1. The maximum Gasteiger partial charge on any atom is 0.307 e. The fourth-order valence-corrected chi connectivity index (χ4v) is 3.25. The molecule has 0 aliphatic heterocycles. The number of rotatable bonds is 4. The third-order valence-corrected chi connectivity index (χ3v) is 4.42. The van der Waals surface area contributed by atoms with E-state index >= 15 is 0 Å². The summed E-state index contributed by atoms with van der Waals surface area (Å²) in [6.45, 7) is 0. The van der Waals surface area contributed by atoms with Gasteiger partial charge >= 0.3 is 5.97 Å². The van der Waals surface area contributed by atoms with Crippen molar-refractivity contribution < 1.29 is 9.53 Å². The van der Waals surface area contributed by atoms with E-state index in [0.29, 0.717) is 6.42 Å². The lowest BCUT2D eigenvalue weighted by Gasteiger charge is -2.36. The van der Waals surface area contributed by atoms with Crippen LogP contribution in [-0.2, 0) is 9.53 Å². The highest BCUT2D eigenvalue weighted by molar-refractivity contribution is 5.71. The van der Waals surface area contributed by atoms with E-state index in [1.165, 1.54) is 32.1 Å². The van der Waals surface area contributed by atoms with Crippen LogP contribution in [0.15, 0.2) is 0 Å². The van der Waals surface area contributed by atoms with Gasteiger partial charge in [0.2, 0.25) is 0 Å². The van der Waals surface area contributed by atoms with Gasteiger partial charge in [0, 0.05) is 5.54 Å². The lowest BCUT2D eigenvalue weighted by molar-refractivity contribution is -0.150. The summed E-state index contributed by atoms with van der Waals surface area (Å²) in [7, 11) is 1.98. The number of hydrogen-bond donors (Lipinski definition) is 1. The Bertz CT molecular complexity index is 253. The Balaban J connectivity index is 1.82. The average Bonchev–Trinajstić information content (AvgIpc) is 2.83. The second kappa shape index (κ2) is 5.85. The lowest BCUT2D eigenvalue weighted by Crippen LogP contribution is -2.46. The van der Waals surface area contributed by atoms with Crippen molar-refractivity contribution in [3.8, 4) is 0 Å². The largest absolute Gasteiger partial charge is 0.462 e. The number of hydrogen-bond acceptors (Lipinski definition) is 3. The van der Waals surface area contributed by atoms with Crippen molar-refractivity contribution in [2.45, 2.75) is 75.9 Å². The molecular formula is C14H25NO2. The summed E-state index contributed by atoms with van der Waals surface area (Å²) >= 11 is 0. The maximum atomic E-state index is 12.0. The van der Waals surface area contributed by atoms with Crippen LogP contribution in [0, 0.1) is 0 Å². The summed E-state index contributed by atoms with van der Waals surface area (Å²) in [6.07, 6.45) is 11.3. The van der Waals surface area contributed by atoms with Gasteiger partial charge in [0.15, 0.2) is 0 Å². The van der Waals surface area contributed by atoms with Gasteiger partial charge in [0.1, 0.15) is 6.10 Å². The predicted octanol–water partition coefficient (Wildman–Crippen LogP) is 2.78. The van der Waals surface area contributed by atoms with E-state index in [2.05, 4.69) is 5.32 Å². The van der Waals surface area contributed by atoms with Crippen LogP contribution in [0.2, 0.25) is 0 Å². The first-order chi connectivity index (χ1) is 8.24. The molecule has 0 radical (unpaired) electrons. The second-order valence-corrected chi connectivity index (χ2v) is 5.66.